The summed E-state index contributed by atoms with van der Waals surface area (Å²) in [4.78, 5) is 42.5. The highest BCUT2D eigenvalue weighted by atomic mass is 32.2. The van der Waals surface area contributed by atoms with E-state index in [0.717, 1.165) is 5.56 Å². The first kappa shape index (κ1) is 39.5. The highest BCUT2D eigenvalue weighted by Gasteiger charge is 2.41. The highest BCUT2D eigenvalue weighted by molar-refractivity contribution is 7.89. The number of amides is 3. The summed E-state index contributed by atoms with van der Waals surface area (Å²) < 4.78 is 33.0. The van der Waals surface area contributed by atoms with E-state index in [2.05, 4.69) is 22.3 Å². The molecule has 0 aliphatic rings. The van der Waals surface area contributed by atoms with Gasteiger partial charge in [-0.2, -0.15) is 0 Å². The molecule has 1 radical (unpaired) electrons. The molecule has 3 atom stereocenters. The number of benzene rings is 2. The molecule has 0 unspecified atom stereocenters. The summed E-state index contributed by atoms with van der Waals surface area (Å²) in [6.45, 7) is 18.9. The Labute approximate surface area is 281 Å². The summed E-state index contributed by atoms with van der Waals surface area (Å²) in [5, 5.41) is 6.15. The summed E-state index contributed by atoms with van der Waals surface area (Å²) in [6, 6.07) is 13.9. The van der Waals surface area contributed by atoms with Gasteiger partial charge in [-0.15, -0.1) is 0 Å². The van der Waals surface area contributed by atoms with Gasteiger partial charge in [0.25, 0.3) is 5.91 Å². The van der Waals surface area contributed by atoms with E-state index in [-0.39, 0.29) is 29.1 Å². The number of ether oxygens (including phenoxy) is 1. The summed E-state index contributed by atoms with van der Waals surface area (Å²) in [6.07, 6.45) is 1.60. The number of likely N-dealkylation sites (N-methyl/N-ethyl adjacent to an activating group) is 2. The molecule has 47 heavy (non-hydrogen) atoms. The number of nitrogens with zero attached hydrogens (tertiary/aromatic N) is 1. The molecule has 0 spiro atoms. The Balaban J connectivity index is 2.29. The minimum Gasteiger partial charge on any atom is -0.494 e. The van der Waals surface area contributed by atoms with Gasteiger partial charge < -0.3 is 20.3 Å². The largest absolute Gasteiger partial charge is 0.494 e. The van der Waals surface area contributed by atoms with Gasteiger partial charge in [-0.05, 0) is 55.5 Å². The van der Waals surface area contributed by atoms with Crippen LogP contribution in [0.25, 0.3) is 0 Å². The van der Waals surface area contributed by atoms with Crippen molar-refractivity contribution in [1.82, 2.24) is 20.3 Å². The Morgan fingerprint density at radius 3 is 2.02 bits per heavy atom. The van der Waals surface area contributed by atoms with Crippen molar-refractivity contribution in [2.75, 3.05) is 20.7 Å². The van der Waals surface area contributed by atoms with Crippen LogP contribution < -0.4 is 20.1 Å². The lowest BCUT2D eigenvalue weighted by atomic mass is 9.76. The molecule has 10 nitrogen and oxygen atoms in total. The van der Waals surface area contributed by atoms with E-state index in [0.29, 0.717) is 17.9 Å². The quantitative estimate of drug-likeness (QED) is 0.240. The van der Waals surface area contributed by atoms with Crippen LogP contribution in [0, 0.1) is 18.3 Å². The topological polar surface area (TPSA) is 134 Å². The summed E-state index contributed by atoms with van der Waals surface area (Å²) in [5.74, 6) is -1.24. The molecular weight excluding hydrogens is 616 g/mol. The smallest absolute Gasteiger partial charge is 0.260 e. The third kappa shape index (κ3) is 10.9. The van der Waals surface area contributed by atoms with Crippen molar-refractivity contribution >= 4 is 27.7 Å². The molecule has 0 aromatic heterocycles. The van der Waals surface area contributed by atoms with Gasteiger partial charge in [-0.1, -0.05) is 97.0 Å². The molecule has 0 heterocycles. The van der Waals surface area contributed by atoms with E-state index in [1.54, 1.807) is 50.5 Å². The number of hydrogen-bond acceptors (Lipinski definition) is 7. The lowest BCUT2D eigenvalue weighted by molar-refractivity contribution is -0.140. The lowest BCUT2D eigenvalue weighted by Crippen LogP contribution is -2.61. The van der Waals surface area contributed by atoms with Crippen molar-refractivity contribution in [3.05, 3.63) is 84.3 Å². The molecule has 11 heteroatoms. The fourth-order valence-electron chi connectivity index (χ4n) is 5.44. The molecule has 0 aliphatic heterocycles. The fraction of sp³-hybridized carbons (Fsp3) is 0.500. The Morgan fingerprint density at radius 1 is 0.957 bits per heavy atom. The van der Waals surface area contributed by atoms with Crippen LogP contribution in [0.15, 0.2) is 66.2 Å². The first-order valence-electron chi connectivity index (χ1n) is 15.8. The zero-order valence-electron chi connectivity index (χ0n) is 29.5. The van der Waals surface area contributed by atoms with Crippen molar-refractivity contribution < 1.29 is 27.5 Å². The minimum absolute atomic E-state index is 0.136. The van der Waals surface area contributed by atoms with Gasteiger partial charge in [0, 0.05) is 18.0 Å². The molecule has 3 amide bonds. The molecule has 3 N–H and O–H groups in total. The van der Waals surface area contributed by atoms with E-state index in [1.807, 2.05) is 72.7 Å². The molecule has 0 saturated carbocycles. The number of carbonyl (C=O) groups is 3. The number of carbonyl (C=O) groups excluding carboxylic acids is 3. The minimum atomic E-state index is -3.95. The van der Waals surface area contributed by atoms with Crippen molar-refractivity contribution in [2.45, 2.75) is 84.7 Å². The number of hydrogen-bond donors (Lipinski definition) is 3. The third-order valence-electron chi connectivity index (χ3n) is 8.24. The third-order valence-corrected chi connectivity index (χ3v) is 9.45. The average molecular weight is 670 g/mol. The van der Waals surface area contributed by atoms with Crippen molar-refractivity contribution in [2.24, 2.45) is 11.3 Å². The zero-order chi connectivity index (χ0) is 35.7. The fourth-order valence-corrected chi connectivity index (χ4v) is 6.59. The predicted molar refractivity (Wildman–Crippen MR) is 187 cm³/mol. The molecular formula is C36H53N4O6S. The van der Waals surface area contributed by atoms with Gasteiger partial charge in [0.2, 0.25) is 21.8 Å². The number of rotatable bonds is 15. The summed E-state index contributed by atoms with van der Waals surface area (Å²) in [5.41, 5.74) is 0.285. The van der Waals surface area contributed by atoms with Gasteiger partial charge in [-0.3, -0.25) is 14.4 Å². The van der Waals surface area contributed by atoms with Crippen LogP contribution in [-0.2, 0) is 35.6 Å². The Bertz CT molecular complexity index is 1500. The first-order chi connectivity index (χ1) is 21.7. The SMILES string of the molecule is [CH2]COc1ccc(C(C)(C)[C@H](NC)C(=O)N[C@H](C(=O)N(C)[C@H](/C=C(\C)C(=O)NS(=O)(=O)Cc2ccccc2)C(C)C)C(C)(C)C)cc1. The maximum absolute atomic E-state index is 14.1. The molecule has 0 fully saturated rings. The average Bonchev–Trinajstić information content (AvgIpc) is 2.97. The molecule has 0 bridgehead atoms. The van der Waals surface area contributed by atoms with Crippen LogP contribution in [0.3, 0.4) is 0 Å². The van der Waals surface area contributed by atoms with Crippen molar-refractivity contribution in [1.29, 1.82) is 0 Å². The van der Waals surface area contributed by atoms with E-state index in [4.69, 9.17) is 4.74 Å². The van der Waals surface area contributed by atoms with Gasteiger partial charge in [0.05, 0.1) is 24.4 Å². The lowest BCUT2D eigenvalue weighted by Gasteiger charge is -2.40. The second kappa shape index (κ2) is 16.4. The Kier molecular flexibility index (Phi) is 13.8. The zero-order valence-corrected chi connectivity index (χ0v) is 30.3. The molecule has 0 saturated heterocycles. The van der Waals surface area contributed by atoms with Crippen LogP contribution >= 0.6 is 0 Å². The normalized spacial score (nSPS) is 14.6. The number of nitrogens with one attached hydrogen (secondary N) is 3. The van der Waals surface area contributed by atoms with E-state index in [9.17, 15) is 22.8 Å². The Morgan fingerprint density at radius 2 is 1.53 bits per heavy atom. The summed E-state index contributed by atoms with van der Waals surface area (Å²) >= 11 is 0. The molecule has 259 valence electrons. The van der Waals surface area contributed by atoms with Crippen LogP contribution in [-0.4, -0.2) is 69.9 Å². The standard InChI is InChI=1S/C36H53N4O6S/c1-12-46-28-20-18-27(19-21-28)36(8,9)30(37-10)33(42)38-31(35(5,6)7)34(43)40(11)29(24(2)3)22-25(4)32(41)39-47(44,45)23-26-16-14-13-15-17-26/h13-22,24,29-31,37H,1,12,23H2,2-11H3,(H,38,42)(H,39,41)/b25-22+/t29-,30-,31-/m1/s1. The number of sulfonamides is 1. The first-order valence-corrected chi connectivity index (χ1v) is 17.4. The van der Waals surface area contributed by atoms with Crippen LogP contribution in [0.5, 0.6) is 5.75 Å². The van der Waals surface area contributed by atoms with Gasteiger partial charge in [0.15, 0.2) is 0 Å². The van der Waals surface area contributed by atoms with Crippen LogP contribution in [0.1, 0.15) is 66.5 Å². The summed E-state index contributed by atoms with van der Waals surface area (Å²) in [7, 11) is -0.615. The van der Waals surface area contributed by atoms with E-state index >= 15 is 0 Å². The molecule has 0 aliphatic carbocycles. The van der Waals surface area contributed by atoms with Gasteiger partial charge in [0.1, 0.15) is 11.8 Å². The predicted octanol–water partition coefficient (Wildman–Crippen LogP) is 4.37. The van der Waals surface area contributed by atoms with E-state index < -0.39 is 44.9 Å². The Hall–Kier alpha value is -3.70. The van der Waals surface area contributed by atoms with Gasteiger partial charge in [-0.25, -0.2) is 13.1 Å². The van der Waals surface area contributed by atoms with Crippen molar-refractivity contribution in [3.8, 4) is 5.75 Å². The highest BCUT2D eigenvalue weighted by Crippen LogP contribution is 2.30. The molecule has 2 rings (SSSR count). The van der Waals surface area contributed by atoms with Crippen molar-refractivity contribution in [3.63, 3.8) is 0 Å². The maximum atomic E-state index is 14.1. The second-order valence-corrected chi connectivity index (χ2v) is 15.6. The molecule has 2 aromatic rings. The maximum Gasteiger partial charge on any atom is 0.260 e. The molecule has 2 aromatic carbocycles. The monoisotopic (exact) mass is 669 g/mol. The van der Waals surface area contributed by atoms with Crippen LogP contribution in [0.4, 0.5) is 0 Å². The second-order valence-electron chi connectivity index (χ2n) is 13.8. The van der Waals surface area contributed by atoms with Gasteiger partial charge >= 0.3 is 0 Å². The van der Waals surface area contributed by atoms with Crippen LogP contribution in [0.2, 0.25) is 0 Å². The van der Waals surface area contributed by atoms with E-state index in [1.165, 1.54) is 11.8 Å².